The molecule has 2 aromatic heterocycles. The Bertz CT molecular complexity index is 688. The predicted molar refractivity (Wildman–Crippen MR) is 97.6 cm³/mol. The number of aromatic nitrogens is 2. The molecule has 1 aliphatic heterocycles. The molecule has 1 fully saturated rings. The van der Waals surface area contributed by atoms with E-state index in [4.69, 9.17) is 11.6 Å². The molecule has 7 heteroatoms. The molecule has 1 saturated heterocycles. The highest BCUT2D eigenvalue weighted by Gasteiger charge is 2.24. The van der Waals surface area contributed by atoms with Crippen LogP contribution in [0.2, 0.25) is 4.34 Å². The fraction of sp³-hybridized carbons (Fsp3) is 0.529. The molecule has 0 bridgehead atoms. The highest BCUT2D eigenvalue weighted by molar-refractivity contribution is 7.16. The topological polar surface area (TPSA) is 52.2 Å². The molecule has 2 aromatic rings. The fourth-order valence-electron chi connectivity index (χ4n) is 2.94. The summed E-state index contributed by atoms with van der Waals surface area (Å²) in [5.41, 5.74) is 1.56. The van der Waals surface area contributed by atoms with Crippen LogP contribution < -0.4 is 0 Å². The Balaban J connectivity index is 1.52. The van der Waals surface area contributed by atoms with Gasteiger partial charge in [0, 0.05) is 43.3 Å². The number of piperazine rings is 1. The molecule has 1 aliphatic rings. The normalized spacial score (nSPS) is 16.1. The van der Waals surface area contributed by atoms with Crippen LogP contribution in [-0.4, -0.2) is 52.1 Å². The molecule has 1 amide bonds. The maximum absolute atomic E-state index is 12.6. The zero-order chi connectivity index (χ0) is 17.1. The second-order valence-electron chi connectivity index (χ2n) is 6.65. The molecule has 24 heavy (non-hydrogen) atoms. The second kappa shape index (κ2) is 7.68. The van der Waals surface area contributed by atoms with Gasteiger partial charge in [-0.3, -0.25) is 14.8 Å². The van der Waals surface area contributed by atoms with Crippen LogP contribution in [0, 0.1) is 5.92 Å². The van der Waals surface area contributed by atoms with Crippen LogP contribution in [0.25, 0.3) is 0 Å². The average Bonchev–Trinajstić information content (AvgIpc) is 3.16. The van der Waals surface area contributed by atoms with E-state index in [0.29, 0.717) is 11.6 Å². The maximum atomic E-state index is 12.6. The highest BCUT2D eigenvalue weighted by Crippen LogP contribution is 2.23. The van der Waals surface area contributed by atoms with Gasteiger partial charge in [0.1, 0.15) is 5.69 Å². The van der Waals surface area contributed by atoms with Crippen molar-refractivity contribution in [3.05, 3.63) is 38.8 Å². The van der Waals surface area contributed by atoms with Crippen LogP contribution in [0.4, 0.5) is 0 Å². The molecule has 0 unspecified atom stereocenters. The minimum absolute atomic E-state index is 0.0278. The minimum atomic E-state index is 0.0278. The Labute approximate surface area is 151 Å². The lowest BCUT2D eigenvalue weighted by molar-refractivity contribution is 0.0624. The summed E-state index contributed by atoms with van der Waals surface area (Å²) in [6.45, 7) is 8.45. The minimum Gasteiger partial charge on any atom is -0.335 e. The van der Waals surface area contributed by atoms with E-state index in [2.05, 4.69) is 35.0 Å². The molecule has 1 N–H and O–H groups in total. The van der Waals surface area contributed by atoms with Crippen LogP contribution in [0.3, 0.4) is 0 Å². The summed E-state index contributed by atoms with van der Waals surface area (Å²) in [5, 5.41) is 7.17. The van der Waals surface area contributed by atoms with Crippen molar-refractivity contribution in [2.24, 2.45) is 5.92 Å². The summed E-state index contributed by atoms with van der Waals surface area (Å²) in [6.07, 6.45) is 0.914. The molecule has 5 nitrogen and oxygen atoms in total. The number of thiophene rings is 1. The van der Waals surface area contributed by atoms with Crippen LogP contribution in [0.15, 0.2) is 18.2 Å². The number of nitrogens with one attached hydrogen (secondary N) is 1. The van der Waals surface area contributed by atoms with Crippen molar-refractivity contribution in [2.75, 3.05) is 26.2 Å². The third kappa shape index (κ3) is 4.37. The van der Waals surface area contributed by atoms with Gasteiger partial charge in [-0.2, -0.15) is 5.10 Å². The van der Waals surface area contributed by atoms with Crippen molar-refractivity contribution in [1.29, 1.82) is 0 Å². The second-order valence-corrected chi connectivity index (χ2v) is 8.45. The number of H-pyrrole nitrogens is 1. The smallest absolute Gasteiger partial charge is 0.274 e. The summed E-state index contributed by atoms with van der Waals surface area (Å²) >= 11 is 7.60. The standard InChI is InChI=1S/C17H23ClN4OS/c1-12(2)9-13-10-15(20-19-13)17(23)22-7-5-21(6-8-22)11-14-3-4-16(18)24-14/h3-4,10,12H,5-9,11H2,1-2H3,(H,19,20). The van der Waals surface area contributed by atoms with E-state index >= 15 is 0 Å². The van der Waals surface area contributed by atoms with Gasteiger partial charge < -0.3 is 4.90 Å². The van der Waals surface area contributed by atoms with Gasteiger partial charge in [0.15, 0.2) is 0 Å². The molecule has 3 heterocycles. The molecule has 0 atom stereocenters. The molecule has 0 aliphatic carbocycles. The van der Waals surface area contributed by atoms with E-state index in [1.54, 1.807) is 11.3 Å². The van der Waals surface area contributed by atoms with E-state index in [1.165, 1.54) is 4.88 Å². The Morgan fingerprint density at radius 1 is 1.33 bits per heavy atom. The first-order valence-corrected chi connectivity index (χ1v) is 9.51. The largest absolute Gasteiger partial charge is 0.335 e. The third-order valence-electron chi connectivity index (χ3n) is 4.15. The van der Waals surface area contributed by atoms with E-state index in [-0.39, 0.29) is 5.91 Å². The zero-order valence-electron chi connectivity index (χ0n) is 14.1. The van der Waals surface area contributed by atoms with E-state index in [0.717, 1.165) is 49.2 Å². The van der Waals surface area contributed by atoms with Crippen LogP contribution in [0.5, 0.6) is 0 Å². The van der Waals surface area contributed by atoms with Crippen molar-refractivity contribution in [1.82, 2.24) is 20.0 Å². The summed E-state index contributed by atoms with van der Waals surface area (Å²) in [6, 6.07) is 5.90. The van der Waals surface area contributed by atoms with E-state index in [1.807, 2.05) is 17.0 Å². The predicted octanol–water partition coefficient (Wildman–Crippen LogP) is 3.28. The average molecular weight is 367 g/mol. The number of rotatable bonds is 5. The molecule has 0 spiro atoms. The van der Waals surface area contributed by atoms with Gasteiger partial charge in [-0.1, -0.05) is 25.4 Å². The Morgan fingerprint density at radius 2 is 2.08 bits per heavy atom. The van der Waals surface area contributed by atoms with Crippen LogP contribution in [0.1, 0.15) is 34.9 Å². The fourth-order valence-corrected chi connectivity index (χ4v) is 4.07. The van der Waals surface area contributed by atoms with Gasteiger partial charge in [0.25, 0.3) is 5.91 Å². The number of carbonyl (C=O) groups is 1. The van der Waals surface area contributed by atoms with Crippen molar-refractivity contribution >= 4 is 28.8 Å². The lowest BCUT2D eigenvalue weighted by atomic mass is 10.1. The molecule has 0 saturated carbocycles. The van der Waals surface area contributed by atoms with E-state index in [9.17, 15) is 4.79 Å². The lowest BCUT2D eigenvalue weighted by Crippen LogP contribution is -2.48. The van der Waals surface area contributed by atoms with Crippen molar-refractivity contribution in [2.45, 2.75) is 26.8 Å². The number of hydrogen-bond donors (Lipinski definition) is 1. The molecule has 130 valence electrons. The van der Waals surface area contributed by atoms with Gasteiger partial charge in [0.2, 0.25) is 0 Å². The summed E-state index contributed by atoms with van der Waals surface area (Å²) < 4.78 is 0.828. The number of carbonyl (C=O) groups excluding carboxylic acids is 1. The van der Waals surface area contributed by atoms with Crippen LogP contribution in [-0.2, 0) is 13.0 Å². The molecule has 0 aromatic carbocycles. The Morgan fingerprint density at radius 3 is 2.71 bits per heavy atom. The highest BCUT2D eigenvalue weighted by atomic mass is 35.5. The van der Waals surface area contributed by atoms with E-state index < -0.39 is 0 Å². The lowest BCUT2D eigenvalue weighted by Gasteiger charge is -2.34. The number of halogens is 1. The Hall–Kier alpha value is -1.37. The van der Waals surface area contributed by atoms with Crippen LogP contribution >= 0.6 is 22.9 Å². The summed E-state index contributed by atoms with van der Waals surface area (Å²) in [7, 11) is 0. The Kier molecular flexibility index (Phi) is 5.58. The quantitative estimate of drug-likeness (QED) is 0.883. The third-order valence-corrected chi connectivity index (χ3v) is 5.36. The molecule has 3 rings (SSSR count). The zero-order valence-corrected chi connectivity index (χ0v) is 15.7. The maximum Gasteiger partial charge on any atom is 0.274 e. The van der Waals surface area contributed by atoms with Gasteiger partial charge in [-0.15, -0.1) is 11.3 Å². The first-order valence-electron chi connectivity index (χ1n) is 8.31. The van der Waals surface area contributed by atoms with Gasteiger partial charge >= 0.3 is 0 Å². The molecular formula is C17H23ClN4OS. The number of hydrogen-bond acceptors (Lipinski definition) is 4. The van der Waals surface area contributed by atoms with Gasteiger partial charge in [-0.25, -0.2) is 0 Å². The SMILES string of the molecule is CC(C)Cc1cc(C(=O)N2CCN(Cc3ccc(Cl)s3)CC2)n[nH]1. The van der Waals surface area contributed by atoms with Crippen molar-refractivity contribution < 1.29 is 4.79 Å². The van der Waals surface area contributed by atoms with Gasteiger partial charge in [0.05, 0.1) is 4.34 Å². The monoisotopic (exact) mass is 366 g/mol. The number of aromatic amines is 1. The first-order chi connectivity index (χ1) is 11.5. The van der Waals surface area contributed by atoms with Gasteiger partial charge in [-0.05, 0) is 30.5 Å². The van der Waals surface area contributed by atoms with Crippen molar-refractivity contribution in [3.8, 4) is 0 Å². The van der Waals surface area contributed by atoms with Crippen molar-refractivity contribution in [3.63, 3.8) is 0 Å². The summed E-state index contributed by atoms with van der Waals surface area (Å²) in [4.78, 5) is 18.1. The molecular weight excluding hydrogens is 344 g/mol. The summed E-state index contributed by atoms with van der Waals surface area (Å²) in [5.74, 6) is 0.572. The number of amides is 1. The molecule has 0 radical (unpaired) electrons. The first kappa shape index (κ1) is 17.5. The number of nitrogens with zero attached hydrogens (tertiary/aromatic N) is 3.